The van der Waals surface area contributed by atoms with E-state index in [2.05, 4.69) is 0 Å². The third-order valence-corrected chi connectivity index (χ3v) is 3.66. The molecule has 0 spiro atoms. The lowest BCUT2D eigenvalue weighted by atomic mass is 9.98. The van der Waals surface area contributed by atoms with Crippen LogP contribution >= 0.6 is 0 Å². The van der Waals surface area contributed by atoms with E-state index in [9.17, 15) is 9.59 Å². The number of aromatic carboxylic acids is 1. The van der Waals surface area contributed by atoms with E-state index in [-0.39, 0.29) is 6.09 Å². The van der Waals surface area contributed by atoms with E-state index in [1.165, 1.54) is 0 Å². The lowest BCUT2D eigenvalue weighted by Crippen LogP contribution is -2.35. The van der Waals surface area contributed by atoms with Crippen LogP contribution in [0.15, 0.2) is 24.3 Å². The Labute approximate surface area is 130 Å². The molecule has 0 bridgehead atoms. The van der Waals surface area contributed by atoms with Gasteiger partial charge in [0, 0.05) is 13.1 Å². The maximum Gasteiger partial charge on any atom is 0.410 e. The van der Waals surface area contributed by atoms with Crippen LogP contribution in [0.2, 0.25) is 0 Å². The molecule has 120 valence electrons. The molecule has 1 amide bonds. The molecule has 0 aromatic heterocycles. The number of nitrogens with zero attached hydrogens (tertiary/aromatic N) is 1. The first-order valence-electron chi connectivity index (χ1n) is 7.55. The molecule has 1 heterocycles. The third-order valence-electron chi connectivity index (χ3n) is 3.66. The summed E-state index contributed by atoms with van der Waals surface area (Å²) in [6, 6.07) is 6.94. The van der Waals surface area contributed by atoms with E-state index in [4.69, 9.17) is 9.84 Å². The SMILES string of the molecule is CC(C)(C)OC(=O)N1CCC(Cc2ccc(C(=O)O)cc2)C1. The van der Waals surface area contributed by atoms with Gasteiger partial charge in [-0.15, -0.1) is 0 Å². The molecule has 5 heteroatoms. The topological polar surface area (TPSA) is 66.8 Å². The van der Waals surface area contributed by atoms with E-state index in [1.54, 1.807) is 17.0 Å². The highest BCUT2D eigenvalue weighted by atomic mass is 16.6. The van der Waals surface area contributed by atoms with Gasteiger partial charge in [-0.3, -0.25) is 0 Å². The minimum absolute atomic E-state index is 0.253. The van der Waals surface area contributed by atoms with Crippen LogP contribution in [0.5, 0.6) is 0 Å². The van der Waals surface area contributed by atoms with Crippen molar-refractivity contribution in [3.05, 3.63) is 35.4 Å². The summed E-state index contributed by atoms with van der Waals surface area (Å²) in [7, 11) is 0. The van der Waals surface area contributed by atoms with Crippen molar-refractivity contribution in [2.45, 2.75) is 39.2 Å². The number of carbonyl (C=O) groups excluding carboxylic acids is 1. The first-order valence-corrected chi connectivity index (χ1v) is 7.55. The Balaban J connectivity index is 1.88. The van der Waals surface area contributed by atoms with Crippen LogP contribution in [-0.2, 0) is 11.2 Å². The molecule has 1 atom stereocenters. The lowest BCUT2D eigenvalue weighted by Gasteiger charge is -2.24. The fourth-order valence-corrected chi connectivity index (χ4v) is 2.61. The van der Waals surface area contributed by atoms with Gasteiger partial charge in [0.25, 0.3) is 0 Å². The highest BCUT2D eigenvalue weighted by Crippen LogP contribution is 2.23. The standard InChI is InChI=1S/C17H23NO4/c1-17(2,3)22-16(21)18-9-8-13(11-18)10-12-4-6-14(7-5-12)15(19)20/h4-7,13H,8-11H2,1-3H3,(H,19,20). The first kappa shape index (κ1) is 16.3. The molecule has 0 radical (unpaired) electrons. The highest BCUT2D eigenvalue weighted by Gasteiger charge is 2.29. The van der Waals surface area contributed by atoms with Crippen LogP contribution < -0.4 is 0 Å². The number of rotatable bonds is 3. The Morgan fingerprint density at radius 1 is 1.27 bits per heavy atom. The Morgan fingerprint density at radius 2 is 1.91 bits per heavy atom. The quantitative estimate of drug-likeness (QED) is 0.931. The number of hydrogen-bond donors (Lipinski definition) is 1. The van der Waals surface area contributed by atoms with E-state index >= 15 is 0 Å². The van der Waals surface area contributed by atoms with Crippen LogP contribution in [0.1, 0.15) is 43.1 Å². The van der Waals surface area contributed by atoms with E-state index in [1.807, 2.05) is 32.9 Å². The van der Waals surface area contributed by atoms with Gasteiger partial charge in [0.2, 0.25) is 0 Å². The van der Waals surface area contributed by atoms with Crippen molar-refractivity contribution >= 4 is 12.1 Å². The average molecular weight is 305 g/mol. The summed E-state index contributed by atoms with van der Waals surface area (Å²) in [6.07, 6.45) is 1.54. The second-order valence-corrected chi connectivity index (χ2v) is 6.79. The number of likely N-dealkylation sites (tertiary alicyclic amines) is 1. The maximum atomic E-state index is 12.0. The molecule has 1 saturated heterocycles. The second-order valence-electron chi connectivity index (χ2n) is 6.79. The molecule has 1 N–H and O–H groups in total. The summed E-state index contributed by atoms with van der Waals surface area (Å²) < 4.78 is 5.38. The summed E-state index contributed by atoms with van der Waals surface area (Å²) in [6.45, 7) is 7.00. The number of amides is 1. The smallest absolute Gasteiger partial charge is 0.410 e. The normalized spacial score (nSPS) is 18.3. The second kappa shape index (κ2) is 6.38. The number of benzene rings is 1. The van der Waals surface area contributed by atoms with Gasteiger partial charge in [-0.2, -0.15) is 0 Å². The van der Waals surface area contributed by atoms with Crippen molar-refractivity contribution in [2.75, 3.05) is 13.1 Å². The zero-order chi connectivity index (χ0) is 16.3. The zero-order valence-corrected chi connectivity index (χ0v) is 13.3. The molecule has 1 aliphatic heterocycles. The largest absolute Gasteiger partial charge is 0.478 e. The number of hydrogen-bond acceptors (Lipinski definition) is 3. The minimum Gasteiger partial charge on any atom is -0.478 e. The fourth-order valence-electron chi connectivity index (χ4n) is 2.61. The van der Waals surface area contributed by atoms with Gasteiger partial charge >= 0.3 is 12.1 Å². The molecular weight excluding hydrogens is 282 g/mol. The molecule has 0 saturated carbocycles. The monoisotopic (exact) mass is 305 g/mol. The Bertz CT molecular complexity index is 545. The van der Waals surface area contributed by atoms with Gasteiger partial charge in [0.1, 0.15) is 5.60 Å². The maximum absolute atomic E-state index is 12.0. The van der Waals surface area contributed by atoms with Gasteiger partial charge in [-0.25, -0.2) is 9.59 Å². The molecule has 1 aliphatic rings. The summed E-state index contributed by atoms with van der Waals surface area (Å²) in [5.74, 6) is -0.522. The third kappa shape index (κ3) is 4.48. The molecule has 1 fully saturated rings. The van der Waals surface area contributed by atoms with Gasteiger partial charge in [-0.1, -0.05) is 12.1 Å². The molecule has 1 aromatic rings. The van der Waals surface area contributed by atoms with Crippen molar-refractivity contribution in [3.8, 4) is 0 Å². The highest BCUT2D eigenvalue weighted by molar-refractivity contribution is 5.87. The van der Waals surface area contributed by atoms with Crippen LogP contribution in [-0.4, -0.2) is 40.8 Å². The minimum atomic E-state index is -0.913. The van der Waals surface area contributed by atoms with E-state index in [0.29, 0.717) is 24.6 Å². The van der Waals surface area contributed by atoms with Crippen LogP contribution in [0, 0.1) is 5.92 Å². The molecule has 2 rings (SSSR count). The Kier molecular flexibility index (Phi) is 4.74. The van der Waals surface area contributed by atoms with Crippen molar-refractivity contribution < 1.29 is 19.4 Å². The first-order chi connectivity index (χ1) is 10.2. The summed E-state index contributed by atoms with van der Waals surface area (Å²) >= 11 is 0. The van der Waals surface area contributed by atoms with Gasteiger partial charge in [0.15, 0.2) is 0 Å². The lowest BCUT2D eigenvalue weighted by molar-refractivity contribution is 0.0288. The molecule has 0 aliphatic carbocycles. The summed E-state index contributed by atoms with van der Waals surface area (Å²) in [5.41, 5.74) is 0.925. The molecule has 22 heavy (non-hydrogen) atoms. The van der Waals surface area contributed by atoms with Gasteiger partial charge < -0.3 is 14.7 Å². The summed E-state index contributed by atoms with van der Waals surface area (Å²) in [4.78, 5) is 24.6. The molecule has 1 unspecified atom stereocenters. The van der Waals surface area contributed by atoms with Gasteiger partial charge in [-0.05, 0) is 57.2 Å². The molecule has 5 nitrogen and oxygen atoms in total. The fraction of sp³-hybridized carbons (Fsp3) is 0.529. The van der Waals surface area contributed by atoms with Crippen molar-refractivity contribution in [1.29, 1.82) is 0 Å². The number of carboxylic acids is 1. The number of ether oxygens (including phenoxy) is 1. The Morgan fingerprint density at radius 3 is 2.45 bits per heavy atom. The summed E-state index contributed by atoms with van der Waals surface area (Å²) in [5, 5.41) is 8.89. The predicted molar refractivity (Wildman–Crippen MR) is 83.0 cm³/mol. The van der Waals surface area contributed by atoms with Crippen molar-refractivity contribution in [3.63, 3.8) is 0 Å². The molecule has 1 aromatic carbocycles. The van der Waals surface area contributed by atoms with Crippen LogP contribution in [0.4, 0.5) is 4.79 Å². The average Bonchev–Trinajstić information content (AvgIpc) is 2.86. The van der Waals surface area contributed by atoms with Crippen molar-refractivity contribution in [2.24, 2.45) is 5.92 Å². The van der Waals surface area contributed by atoms with Gasteiger partial charge in [0.05, 0.1) is 5.56 Å². The predicted octanol–water partition coefficient (Wildman–Crippen LogP) is 3.18. The van der Waals surface area contributed by atoms with E-state index in [0.717, 1.165) is 18.4 Å². The Hall–Kier alpha value is -2.04. The van der Waals surface area contributed by atoms with E-state index < -0.39 is 11.6 Å². The zero-order valence-electron chi connectivity index (χ0n) is 13.3. The number of carbonyl (C=O) groups is 2. The molecular formula is C17H23NO4. The van der Waals surface area contributed by atoms with Crippen LogP contribution in [0.3, 0.4) is 0 Å². The van der Waals surface area contributed by atoms with Crippen LogP contribution in [0.25, 0.3) is 0 Å². The van der Waals surface area contributed by atoms with Crippen molar-refractivity contribution in [1.82, 2.24) is 4.90 Å². The number of carboxylic acid groups (broad SMARTS) is 1.